The van der Waals surface area contributed by atoms with Crippen molar-refractivity contribution in [1.29, 1.82) is 0 Å². The Hall–Kier alpha value is -0.620. The molecule has 0 heterocycles. The molecule has 0 N–H and O–H groups in total. The van der Waals surface area contributed by atoms with Crippen LogP contribution in [0, 0.1) is 0 Å². The molecule has 2 aromatic rings. The van der Waals surface area contributed by atoms with Crippen molar-refractivity contribution in [3.63, 3.8) is 0 Å². The number of hydrogen-bond donors (Lipinski definition) is 0. The third-order valence-electron chi connectivity index (χ3n) is 2.85. The van der Waals surface area contributed by atoms with E-state index in [-0.39, 0.29) is 65.5 Å². The number of carbonyl (C=O) groups is 2. The fourth-order valence-corrected chi connectivity index (χ4v) is 1.73. The Morgan fingerprint density at radius 3 is 2.07 bits per heavy atom. The molecule has 140 valence electrons. The molecule has 0 spiro atoms. The van der Waals surface area contributed by atoms with E-state index in [1.54, 1.807) is 0 Å². The molecule has 4 nitrogen and oxygen atoms in total. The van der Waals surface area contributed by atoms with Crippen LogP contribution in [0.2, 0.25) is 0 Å². The molecule has 0 aliphatic heterocycles. The maximum absolute atomic E-state index is 10.9. The number of rotatable bonds is 10. The summed E-state index contributed by atoms with van der Waals surface area (Å²) < 4.78 is 98.7. The molecule has 0 aliphatic rings. The maximum atomic E-state index is 10.9. The molecule has 2 rings (SSSR count). The van der Waals surface area contributed by atoms with E-state index < -0.39 is 73.2 Å². The van der Waals surface area contributed by atoms with E-state index in [9.17, 15) is 19.8 Å². The smallest absolute Gasteiger partial charge is 0.550 e. The van der Waals surface area contributed by atoms with Gasteiger partial charge >= 0.3 is 59.1 Å². The van der Waals surface area contributed by atoms with E-state index in [0.717, 1.165) is 12.8 Å². The van der Waals surface area contributed by atoms with Gasteiger partial charge in [0.2, 0.25) is 0 Å². The van der Waals surface area contributed by atoms with Crippen molar-refractivity contribution in [3.8, 4) is 0 Å². The zero-order chi connectivity index (χ0) is 30.6. The molecule has 0 amide bonds. The van der Waals surface area contributed by atoms with E-state index >= 15 is 0 Å². The molecule has 0 fully saturated rings. The molecule has 0 aromatic heterocycles. The average molecular weight is 414 g/mol. The van der Waals surface area contributed by atoms with E-state index in [0.29, 0.717) is 6.42 Å². The van der Waals surface area contributed by atoms with Crippen LogP contribution in [-0.4, -0.2) is 11.9 Å². The average Bonchev–Trinajstić information content (AvgIpc) is 2.84. The second-order valence-electron chi connectivity index (χ2n) is 4.85. The fourth-order valence-electron chi connectivity index (χ4n) is 1.73. The van der Waals surface area contributed by atoms with Crippen LogP contribution in [0.1, 0.15) is 67.3 Å². The summed E-state index contributed by atoms with van der Waals surface area (Å²) in [6, 6.07) is 4.84. The summed E-state index contributed by atoms with van der Waals surface area (Å²) in [6.45, 7) is 0. The third kappa shape index (κ3) is 17.5. The number of aliphatic carboxylic acids is 2. The van der Waals surface area contributed by atoms with Crippen molar-refractivity contribution < 1.29 is 96.7 Å². The van der Waals surface area contributed by atoms with Crippen LogP contribution in [0.15, 0.2) is 60.5 Å². The zero-order valence-corrected chi connectivity index (χ0v) is 19.8. The second-order valence-corrected chi connectivity index (χ2v) is 4.85. The van der Waals surface area contributed by atoms with Crippen molar-refractivity contribution >= 4 is 11.9 Å². The summed E-state index contributed by atoms with van der Waals surface area (Å²) in [7, 11) is 0. The Kier molecular flexibility index (Phi) is 9.09. The Morgan fingerprint density at radius 1 is 0.857 bits per heavy atom. The Balaban J connectivity index is 0. The number of benzene rings is 2. The first kappa shape index (κ1) is 12.9. The van der Waals surface area contributed by atoms with Gasteiger partial charge in [-0.15, -0.1) is 0 Å². The first-order valence-corrected chi connectivity index (χ1v) is 7.68. The Morgan fingerprint density at radius 2 is 1.50 bits per heavy atom. The number of hydrogen-bond acceptors (Lipinski definition) is 4. The molecule has 0 saturated carbocycles. The molecule has 2 aromatic carbocycles. The minimum Gasteiger partial charge on any atom is -0.550 e. The minimum absolute atomic E-state index is 0. The Bertz CT molecular complexity index is 1170. The molecule has 0 saturated heterocycles. The van der Waals surface area contributed by atoms with E-state index in [1.807, 2.05) is 18.2 Å². The van der Waals surface area contributed by atoms with Crippen molar-refractivity contribution in [3.05, 3.63) is 71.7 Å². The molecular formula is C22H26Na2O4. The zero-order valence-electron chi connectivity index (χ0n) is 28.8. The largest absolute Gasteiger partial charge is 1.00 e. The summed E-state index contributed by atoms with van der Waals surface area (Å²) in [5.41, 5.74) is 0.00682. The van der Waals surface area contributed by atoms with Gasteiger partial charge in [-0.05, 0) is 62.3 Å². The molecular weight excluding hydrogens is 374 g/mol. The molecule has 6 heteroatoms. The van der Waals surface area contributed by atoms with Crippen LogP contribution in [0.3, 0.4) is 0 Å². The second kappa shape index (κ2) is 19.7. The van der Waals surface area contributed by atoms with Gasteiger partial charge in [0.25, 0.3) is 0 Å². The monoisotopic (exact) mass is 413 g/mol. The van der Waals surface area contributed by atoms with Gasteiger partial charge in [0.1, 0.15) is 0 Å². The maximum Gasteiger partial charge on any atom is 1.00 e. The van der Waals surface area contributed by atoms with Crippen molar-refractivity contribution in [2.75, 3.05) is 0 Å². The van der Waals surface area contributed by atoms with Crippen LogP contribution in [0.5, 0.6) is 0 Å². The molecule has 0 bridgehead atoms. The molecule has 0 atom stereocenters. The molecule has 0 aliphatic carbocycles. The topological polar surface area (TPSA) is 80.3 Å². The minimum atomic E-state index is -4.04. The van der Waals surface area contributed by atoms with Gasteiger partial charge < -0.3 is 19.8 Å². The van der Waals surface area contributed by atoms with E-state index in [1.165, 1.54) is 5.56 Å². The number of aryl methyl sites for hydroxylation is 1. The normalized spacial score (nSPS) is 17.9. The van der Waals surface area contributed by atoms with Gasteiger partial charge in [0.15, 0.2) is 0 Å². The van der Waals surface area contributed by atoms with Crippen LogP contribution < -0.4 is 69.3 Å². The fraction of sp³-hybridized carbons (Fsp3) is 0.364. The molecule has 0 unspecified atom stereocenters. The van der Waals surface area contributed by atoms with Crippen molar-refractivity contribution in [2.24, 2.45) is 0 Å². The quantitative estimate of drug-likeness (QED) is 0.297. The van der Waals surface area contributed by atoms with Gasteiger partial charge in [-0.1, -0.05) is 60.5 Å². The third-order valence-corrected chi connectivity index (χ3v) is 2.85. The predicted octanol–water partition coefficient (Wildman–Crippen LogP) is -3.69. The summed E-state index contributed by atoms with van der Waals surface area (Å²) in [5.74, 6) is -3.59. The number of carboxylic acids is 2. The van der Waals surface area contributed by atoms with Crippen molar-refractivity contribution in [2.45, 2.75) is 51.2 Å². The summed E-state index contributed by atoms with van der Waals surface area (Å²) in [5, 5.41) is 21.0. The standard InChI is InChI=1S/2C11H14O2.2Na/c2*12-11(13)9-5-4-8-10-6-2-1-3-7-10;;/h2*1-3,6-7H,4-5,8-9H2,(H,12,13);;/q;;2*+1/p-2/i1D,2D,3D,4D2,5D2,6D,7D,8D2,9D2;;;. The van der Waals surface area contributed by atoms with E-state index in [4.69, 9.17) is 17.8 Å². The summed E-state index contributed by atoms with van der Waals surface area (Å²) >= 11 is 0. The van der Waals surface area contributed by atoms with Gasteiger partial charge in [-0.2, -0.15) is 0 Å². The van der Waals surface area contributed by atoms with E-state index in [2.05, 4.69) is 12.1 Å². The van der Waals surface area contributed by atoms with Gasteiger partial charge in [0, 0.05) is 22.9 Å². The molecule has 28 heavy (non-hydrogen) atoms. The van der Waals surface area contributed by atoms with Crippen LogP contribution >= 0.6 is 0 Å². The number of unbranched alkanes of at least 4 members (excludes halogenated alkanes) is 1. The number of carboxylic acid groups (broad SMARTS) is 2. The first-order valence-electron chi connectivity index (χ1n) is 14.2. The summed E-state index contributed by atoms with van der Waals surface area (Å²) in [6.07, 6.45) is -13.0. The predicted molar refractivity (Wildman–Crippen MR) is 98.0 cm³/mol. The van der Waals surface area contributed by atoms with Gasteiger partial charge in [0.05, 0.1) is 6.85 Å². The SMILES string of the molecule is O=C([O-])CCCCc1ccccc1.[2H]c1c([2H])c([2H])c(C([2H])([2H])C([2H])([2H])C([2H])([2H])C([2H])([2H])C(=O)[O-])c([2H])c1[2H].[Na+].[Na+]. The van der Waals surface area contributed by atoms with Crippen LogP contribution in [-0.2, 0) is 22.4 Å². The van der Waals surface area contributed by atoms with Crippen LogP contribution in [0.25, 0.3) is 0 Å². The van der Waals surface area contributed by atoms with Crippen LogP contribution in [0.4, 0.5) is 0 Å². The number of carbonyl (C=O) groups excluding carboxylic acids is 2. The van der Waals surface area contributed by atoms with Crippen molar-refractivity contribution in [1.82, 2.24) is 0 Å². The molecule has 0 radical (unpaired) electrons. The summed E-state index contributed by atoms with van der Waals surface area (Å²) in [4.78, 5) is 21.0. The van der Waals surface area contributed by atoms with Gasteiger partial charge in [-0.25, -0.2) is 0 Å². The Labute approximate surface area is 230 Å². The first-order chi connectivity index (χ1) is 17.7. The van der Waals surface area contributed by atoms with Gasteiger partial charge in [-0.3, -0.25) is 0 Å².